The summed E-state index contributed by atoms with van der Waals surface area (Å²) >= 11 is 0. The van der Waals surface area contributed by atoms with Crippen LogP contribution in [0, 0.1) is 11.8 Å². The molecule has 2 rings (SSSR count). The SMILES string of the molecule is CCC(C)C(NC(=O)N1CCCC2CCCCC21)C(=O)O. The van der Waals surface area contributed by atoms with Crippen LogP contribution in [-0.4, -0.2) is 40.6 Å². The van der Waals surface area contributed by atoms with Crippen LogP contribution in [0.3, 0.4) is 0 Å². The molecule has 2 fully saturated rings. The van der Waals surface area contributed by atoms with E-state index in [1.165, 1.54) is 25.7 Å². The predicted octanol–water partition coefficient (Wildman–Crippen LogP) is 2.85. The number of urea groups is 1. The number of amides is 2. The van der Waals surface area contributed by atoms with Gasteiger partial charge in [0.2, 0.25) is 0 Å². The number of aliphatic carboxylic acids is 1. The monoisotopic (exact) mass is 296 g/mol. The Morgan fingerprint density at radius 2 is 1.90 bits per heavy atom. The Morgan fingerprint density at radius 1 is 1.24 bits per heavy atom. The van der Waals surface area contributed by atoms with Gasteiger partial charge >= 0.3 is 12.0 Å². The van der Waals surface area contributed by atoms with Crippen LogP contribution in [0.15, 0.2) is 0 Å². The summed E-state index contributed by atoms with van der Waals surface area (Å²) in [5.74, 6) is -0.376. The normalized spacial score (nSPS) is 28.4. The molecule has 1 saturated heterocycles. The lowest BCUT2D eigenvalue weighted by molar-refractivity contribution is -0.140. The van der Waals surface area contributed by atoms with Gasteiger partial charge in [-0.2, -0.15) is 0 Å². The lowest BCUT2D eigenvalue weighted by Crippen LogP contribution is -2.57. The number of hydrogen-bond donors (Lipinski definition) is 2. The molecule has 1 heterocycles. The van der Waals surface area contributed by atoms with E-state index in [0.717, 1.165) is 25.8 Å². The van der Waals surface area contributed by atoms with Gasteiger partial charge in [-0.3, -0.25) is 0 Å². The Kier molecular flexibility index (Phi) is 5.48. The first-order valence-corrected chi connectivity index (χ1v) is 8.34. The van der Waals surface area contributed by atoms with Crippen molar-refractivity contribution in [1.82, 2.24) is 10.2 Å². The molecular weight excluding hydrogens is 268 g/mol. The molecule has 0 radical (unpaired) electrons. The molecule has 21 heavy (non-hydrogen) atoms. The molecule has 120 valence electrons. The van der Waals surface area contributed by atoms with Crippen LogP contribution >= 0.6 is 0 Å². The van der Waals surface area contributed by atoms with E-state index in [4.69, 9.17) is 0 Å². The van der Waals surface area contributed by atoms with Gasteiger partial charge in [0, 0.05) is 12.6 Å². The number of nitrogens with zero attached hydrogens (tertiary/aromatic N) is 1. The summed E-state index contributed by atoms with van der Waals surface area (Å²) in [6.07, 6.45) is 7.71. The molecule has 0 aromatic rings. The molecule has 4 atom stereocenters. The Balaban J connectivity index is 2.02. The van der Waals surface area contributed by atoms with Crippen LogP contribution in [0.1, 0.15) is 58.8 Å². The lowest BCUT2D eigenvalue weighted by Gasteiger charge is -2.44. The van der Waals surface area contributed by atoms with Crippen molar-refractivity contribution >= 4 is 12.0 Å². The second-order valence-corrected chi connectivity index (χ2v) is 6.60. The standard InChI is InChI=1S/C16H28N2O3/c1-3-11(2)14(15(19)20)17-16(21)18-10-6-8-12-7-4-5-9-13(12)18/h11-14H,3-10H2,1-2H3,(H,17,21)(H,19,20). The Morgan fingerprint density at radius 3 is 2.57 bits per heavy atom. The van der Waals surface area contributed by atoms with E-state index in [-0.39, 0.29) is 11.9 Å². The minimum absolute atomic E-state index is 0.0570. The molecule has 1 saturated carbocycles. The summed E-state index contributed by atoms with van der Waals surface area (Å²) < 4.78 is 0. The van der Waals surface area contributed by atoms with Gasteiger partial charge in [0.15, 0.2) is 0 Å². The highest BCUT2D eigenvalue weighted by atomic mass is 16.4. The van der Waals surface area contributed by atoms with Crippen molar-refractivity contribution < 1.29 is 14.7 Å². The summed E-state index contributed by atoms with van der Waals surface area (Å²) in [5.41, 5.74) is 0. The molecule has 0 spiro atoms. The highest BCUT2D eigenvalue weighted by molar-refractivity contribution is 5.83. The van der Waals surface area contributed by atoms with Crippen LogP contribution in [0.25, 0.3) is 0 Å². The van der Waals surface area contributed by atoms with Gasteiger partial charge in [0.25, 0.3) is 0 Å². The third kappa shape index (κ3) is 3.69. The number of fused-ring (bicyclic) bond motifs is 1. The molecule has 5 nitrogen and oxygen atoms in total. The predicted molar refractivity (Wildman–Crippen MR) is 81.1 cm³/mol. The summed E-state index contributed by atoms with van der Waals surface area (Å²) in [5, 5.41) is 12.1. The van der Waals surface area contributed by atoms with E-state index in [0.29, 0.717) is 12.0 Å². The number of hydrogen-bond acceptors (Lipinski definition) is 2. The summed E-state index contributed by atoms with van der Waals surface area (Å²) in [4.78, 5) is 25.8. The molecule has 0 aromatic carbocycles. The zero-order valence-corrected chi connectivity index (χ0v) is 13.2. The van der Waals surface area contributed by atoms with Crippen molar-refractivity contribution in [2.75, 3.05) is 6.54 Å². The van der Waals surface area contributed by atoms with E-state index < -0.39 is 12.0 Å². The fourth-order valence-corrected chi connectivity index (χ4v) is 3.78. The molecule has 5 heteroatoms. The molecular formula is C16H28N2O3. The minimum atomic E-state index is -0.935. The molecule has 1 aliphatic carbocycles. The zero-order valence-electron chi connectivity index (χ0n) is 13.2. The molecule has 1 aliphatic heterocycles. The fraction of sp³-hybridized carbons (Fsp3) is 0.875. The van der Waals surface area contributed by atoms with Crippen molar-refractivity contribution in [3.05, 3.63) is 0 Å². The van der Waals surface area contributed by atoms with E-state index in [1.807, 2.05) is 18.7 Å². The van der Waals surface area contributed by atoms with Crippen LogP contribution in [0.4, 0.5) is 4.79 Å². The van der Waals surface area contributed by atoms with E-state index in [2.05, 4.69) is 5.32 Å². The van der Waals surface area contributed by atoms with E-state index in [1.54, 1.807) is 0 Å². The minimum Gasteiger partial charge on any atom is -0.480 e. The highest BCUT2D eigenvalue weighted by Crippen LogP contribution is 2.35. The van der Waals surface area contributed by atoms with Gasteiger partial charge in [-0.15, -0.1) is 0 Å². The van der Waals surface area contributed by atoms with Crippen LogP contribution in [0.2, 0.25) is 0 Å². The first-order valence-electron chi connectivity index (χ1n) is 8.34. The number of piperidine rings is 1. The molecule has 2 aliphatic rings. The van der Waals surface area contributed by atoms with Gasteiger partial charge in [0.1, 0.15) is 6.04 Å². The van der Waals surface area contributed by atoms with Crippen molar-refractivity contribution in [3.63, 3.8) is 0 Å². The number of nitrogens with one attached hydrogen (secondary N) is 1. The molecule has 2 N–H and O–H groups in total. The smallest absolute Gasteiger partial charge is 0.326 e. The Bertz CT molecular complexity index is 384. The topological polar surface area (TPSA) is 69.6 Å². The molecule has 0 aromatic heterocycles. The zero-order chi connectivity index (χ0) is 15.4. The largest absolute Gasteiger partial charge is 0.480 e. The third-order valence-corrected chi connectivity index (χ3v) is 5.26. The maximum atomic E-state index is 12.5. The molecule has 2 amide bonds. The van der Waals surface area contributed by atoms with Gasteiger partial charge in [-0.05, 0) is 37.5 Å². The van der Waals surface area contributed by atoms with Gasteiger partial charge in [0.05, 0.1) is 0 Å². The number of carbonyl (C=O) groups excluding carboxylic acids is 1. The van der Waals surface area contributed by atoms with E-state index in [9.17, 15) is 14.7 Å². The summed E-state index contributed by atoms with van der Waals surface area (Å²) in [7, 11) is 0. The van der Waals surface area contributed by atoms with Crippen molar-refractivity contribution in [1.29, 1.82) is 0 Å². The maximum Gasteiger partial charge on any atom is 0.326 e. The fourth-order valence-electron chi connectivity index (χ4n) is 3.78. The number of carboxylic acid groups (broad SMARTS) is 1. The molecule has 0 bridgehead atoms. The van der Waals surface area contributed by atoms with Gasteiger partial charge in [-0.25, -0.2) is 9.59 Å². The second-order valence-electron chi connectivity index (χ2n) is 6.60. The Labute approximate surface area is 127 Å². The van der Waals surface area contributed by atoms with Crippen molar-refractivity contribution in [2.24, 2.45) is 11.8 Å². The first-order chi connectivity index (χ1) is 10.0. The molecule has 4 unspecified atom stereocenters. The Hall–Kier alpha value is -1.26. The quantitative estimate of drug-likeness (QED) is 0.838. The van der Waals surface area contributed by atoms with Crippen LogP contribution < -0.4 is 5.32 Å². The first kappa shape index (κ1) is 16.1. The number of carboxylic acids is 1. The van der Waals surface area contributed by atoms with Crippen molar-refractivity contribution in [3.8, 4) is 0 Å². The van der Waals surface area contributed by atoms with Gasteiger partial charge in [-0.1, -0.05) is 33.1 Å². The average Bonchev–Trinajstić information content (AvgIpc) is 2.50. The number of rotatable bonds is 4. The van der Waals surface area contributed by atoms with Crippen LogP contribution in [-0.2, 0) is 4.79 Å². The van der Waals surface area contributed by atoms with Gasteiger partial charge < -0.3 is 15.3 Å². The average molecular weight is 296 g/mol. The van der Waals surface area contributed by atoms with E-state index >= 15 is 0 Å². The van der Waals surface area contributed by atoms with Crippen molar-refractivity contribution in [2.45, 2.75) is 70.9 Å². The lowest BCUT2D eigenvalue weighted by atomic mass is 9.78. The second kappa shape index (κ2) is 7.14. The number of likely N-dealkylation sites (tertiary alicyclic amines) is 1. The number of carbonyl (C=O) groups is 2. The summed E-state index contributed by atoms with van der Waals surface area (Å²) in [6.45, 7) is 4.59. The maximum absolute atomic E-state index is 12.5. The summed E-state index contributed by atoms with van der Waals surface area (Å²) in [6, 6.07) is -0.648. The highest BCUT2D eigenvalue weighted by Gasteiger charge is 2.37. The van der Waals surface area contributed by atoms with Crippen LogP contribution in [0.5, 0.6) is 0 Å². The third-order valence-electron chi connectivity index (χ3n) is 5.26.